The number of halogens is 1. The SMILES string of the molecule is Clc1ccc(Oc2ccc3oc(-c4ccc(OCCN5CCN(c6ncccn6)CC5)cc4)nc3c2)cc1. The van der Waals surface area contributed by atoms with Gasteiger partial charge in [0.2, 0.25) is 11.8 Å². The topological polar surface area (TPSA) is 76.8 Å². The zero-order valence-electron chi connectivity index (χ0n) is 20.7. The molecule has 1 saturated heterocycles. The highest BCUT2D eigenvalue weighted by atomic mass is 35.5. The number of nitrogens with zero attached hydrogens (tertiary/aromatic N) is 5. The highest BCUT2D eigenvalue weighted by Crippen LogP contribution is 2.30. The van der Waals surface area contributed by atoms with E-state index >= 15 is 0 Å². The van der Waals surface area contributed by atoms with Gasteiger partial charge in [-0.15, -0.1) is 0 Å². The molecule has 0 N–H and O–H groups in total. The summed E-state index contributed by atoms with van der Waals surface area (Å²) in [6, 6.07) is 22.5. The van der Waals surface area contributed by atoms with Crippen molar-refractivity contribution in [1.29, 1.82) is 0 Å². The lowest BCUT2D eigenvalue weighted by atomic mass is 10.2. The molecule has 6 rings (SSSR count). The molecule has 1 aliphatic rings. The van der Waals surface area contributed by atoms with Gasteiger partial charge in [0.05, 0.1) is 0 Å². The number of rotatable bonds is 8. The molecule has 9 heteroatoms. The van der Waals surface area contributed by atoms with Gasteiger partial charge in [0.1, 0.15) is 29.4 Å². The van der Waals surface area contributed by atoms with Gasteiger partial charge in [-0.1, -0.05) is 11.6 Å². The van der Waals surface area contributed by atoms with Crippen LogP contribution in [0.4, 0.5) is 5.95 Å². The van der Waals surface area contributed by atoms with Gasteiger partial charge in [0, 0.05) is 61.8 Å². The number of ether oxygens (including phenoxy) is 2. The number of anilines is 1. The first kappa shape index (κ1) is 24.2. The number of benzene rings is 3. The van der Waals surface area contributed by atoms with Crippen LogP contribution in [0.15, 0.2) is 89.6 Å². The van der Waals surface area contributed by atoms with Crippen LogP contribution in [0.2, 0.25) is 5.02 Å². The van der Waals surface area contributed by atoms with Gasteiger partial charge in [0.15, 0.2) is 5.58 Å². The van der Waals surface area contributed by atoms with Crippen LogP contribution in [0.3, 0.4) is 0 Å². The molecule has 3 heterocycles. The maximum Gasteiger partial charge on any atom is 0.227 e. The maximum atomic E-state index is 5.99. The molecule has 0 atom stereocenters. The predicted octanol–water partition coefficient (Wildman–Crippen LogP) is 5.93. The van der Waals surface area contributed by atoms with Gasteiger partial charge < -0.3 is 18.8 Å². The van der Waals surface area contributed by atoms with Crippen LogP contribution in [0.1, 0.15) is 0 Å². The van der Waals surface area contributed by atoms with E-state index in [1.54, 1.807) is 24.5 Å². The van der Waals surface area contributed by atoms with E-state index < -0.39 is 0 Å². The van der Waals surface area contributed by atoms with E-state index in [0.29, 0.717) is 34.6 Å². The largest absolute Gasteiger partial charge is 0.492 e. The number of hydrogen-bond acceptors (Lipinski definition) is 8. The molecule has 0 radical (unpaired) electrons. The van der Waals surface area contributed by atoms with E-state index in [-0.39, 0.29) is 0 Å². The molecule has 8 nitrogen and oxygen atoms in total. The third-order valence-electron chi connectivity index (χ3n) is 6.39. The molecule has 192 valence electrons. The fraction of sp³-hybridized carbons (Fsp3) is 0.207. The maximum absolute atomic E-state index is 5.99. The van der Waals surface area contributed by atoms with Crippen molar-refractivity contribution in [3.05, 3.63) is 90.2 Å². The van der Waals surface area contributed by atoms with Crippen molar-refractivity contribution in [2.24, 2.45) is 0 Å². The highest BCUT2D eigenvalue weighted by Gasteiger charge is 2.18. The van der Waals surface area contributed by atoms with E-state index in [9.17, 15) is 0 Å². The van der Waals surface area contributed by atoms with Crippen molar-refractivity contribution in [2.75, 3.05) is 44.2 Å². The number of oxazole rings is 1. The second-order valence-electron chi connectivity index (χ2n) is 8.95. The van der Waals surface area contributed by atoms with Crippen molar-refractivity contribution in [3.8, 4) is 28.7 Å². The summed E-state index contributed by atoms with van der Waals surface area (Å²) in [7, 11) is 0. The summed E-state index contributed by atoms with van der Waals surface area (Å²) in [5, 5.41) is 0.666. The summed E-state index contributed by atoms with van der Waals surface area (Å²) in [6.07, 6.45) is 3.57. The van der Waals surface area contributed by atoms with Crippen molar-refractivity contribution < 1.29 is 13.9 Å². The molecule has 3 aromatic carbocycles. The average molecular weight is 528 g/mol. The number of hydrogen-bond donors (Lipinski definition) is 0. The lowest BCUT2D eigenvalue weighted by molar-refractivity contribution is 0.200. The zero-order valence-corrected chi connectivity index (χ0v) is 21.4. The van der Waals surface area contributed by atoms with Crippen molar-refractivity contribution in [1.82, 2.24) is 19.9 Å². The van der Waals surface area contributed by atoms with Gasteiger partial charge in [-0.2, -0.15) is 0 Å². The molecule has 0 spiro atoms. The van der Waals surface area contributed by atoms with Crippen molar-refractivity contribution in [2.45, 2.75) is 0 Å². The van der Waals surface area contributed by atoms with E-state index in [0.717, 1.165) is 55.5 Å². The second kappa shape index (κ2) is 11.1. The number of aromatic nitrogens is 3. The molecule has 2 aromatic heterocycles. The lowest BCUT2D eigenvalue weighted by Gasteiger charge is -2.34. The van der Waals surface area contributed by atoms with E-state index in [4.69, 9.17) is 25.5 Å². The third-order valence-corrected chi connectivity index (χ3v) is 6.65. The smallest absolute Gasteiger partial charge is 0.227 e. The minimum Gasteiger partial charge on any atom is -0.492 e. The Morgan fingerprint density at radius 1 is 0.816 bits per heavy atom. The number of fused-ring (bicyclic) bond motifs is 1. The predicted molar refractivity (Wildman–Crippen MR) is 147 cm³/mol. The van der Waals surface area contributed by atoms with Crippen LogP contribution in [0.5, 0.6) is 17.2 Å². The molecule has 0 amide bonds. The molecule has 38 heavy (non-hydrogen) atoms. The Labute approximate surface area is 225 Å². The fourth-order valence-electron chi connectivity index (χ4n) is 4.35. The molecular formula is C29H26ClN5O3. The Balaban J connectivity index is 1.01. The van der Waals surface area contributed by atoms with Gasteiger partial charge in [-0.05, 0) is 66.7 Å². The standard InChI is InChI=1S/C29H26ClN5O3/c30-22-4-8-24(9-5-22)37-25-10-11-27-26(20-25)33-28(38-27)21-2-6-23(7-3-21)36-19-18-34-14-16-35(17-15-34)29-31-12-1-13-32-29/h1-13,20H,14-19H2. The first-order chi connectivity index (χ1) is 18.7. The molecule has 1 fully saturated rings. The summed E-state index contributed by atoms with van der Waals surface area (Å²) < 4.78 is 17.9. The van der Waals surface area contributed by atoms with Crippen molar-refractivity contribution in [3.63, 3.8) is 0 Å². The fourth-order valence-corrected chi connectivity index (χ4v) is 4.47. The zero-order chi connectivity index (χ0) is 25.7. The van der Waals surface area contributed by atoms with Crippen LogP contribution >= 0.6 is 11.6 Å². The van der Waals surface area contributed by atoms with Crippen LogP contribution in [-0.4, -0.2) is 59.2 Å². The summed E-state index contributed by atoms with van der Waals surface area (Å²) in [5.41, 5.74) is 2.31. The minimum absolute atomic E-state index is 0.551. The monoisotopic (exact) mass is 527 g/mol. The van der Waals surface area contributed by atoms with Gasteiger partial charge in [0.25, 0.3) is 0 Å². The lowest BCUT2D eigenvalue weighted by Crippen LogP contribution is -2.48. The molecule has 1 aliphatic heterocycles. The van der Waals surface area contributed by atoms with Crippen LogP contribution in [-0.2, 0) is 0 Å². The Bertz CT molecular complexity index is 1490. The van der Waals surface area contributed by atoms with E-state index in [1.807, 2.05) is 60.7 Å². The third kappa shape index (κ3) is 5.72. The normalized spacial score (nSPS) is 14.1. The first-order valence-electron chi connectivity index (χ1n) is 12.5. The van der Waals surface area contributed by atoms with E-state index in [2.05, 4.69) is 24.8 Å². The van der Waals surface area contributed by atoms with Crippen LogP contribution < -0.4 is 14.4 Å². The minimum atomic E-state index is 0.551. The first-order valence-corrected chi connectivity index (χ1v) is 12.9. The number of piperazine rings is 1. The highest BCUT2D eigenvalue weighted by molar-refractivity contribution is 6.30. The Morgan fingerprint density at radius 3 is 2.29 bits per heavy atom. The molecule has 0 unspecified atom stereocenters. The Kier molecular flexibility index (Phi) is 7.06. The summed E-state index contributed by atoms with van der Waals surface area (Å²) in [5.74, 6) is 3.56. The summed E-state index contributed by atoms with van der Waals surface area (Å²) in [6.45, 7) is 5.25. The van der Waals surface area contributed by atoms with E-state index in [1.165, 1.54) is 0 Å². The Morgan fingerprint density at radius 2 is 1.53 bits per heavy atom. The van der Waals surface area contributed by atoms with Gasteiger partial charge >= 0.3 is 0 Å². The Hall–Kier alpha value is -4.14. The average Bonchev–Trinajstić information content (AvgIpc) is 3.39. The summed E-state index contributed by atoms with van der Waals surface area (Å²) >= 11 is 5.95. The van der Waals surface area contributed by atoms with Crippen LogP contribution in [0, 0.1) is 0 Å². The second-order valence-corrected chi connectivity index (χ2v) is 9.39. The molecule has 0 saturated carbocycles. The van der Waals surface area contributed by atoms with Gasteiger partial charge in [-0.3, -0.25) is 4.90 Å². The molecule has 5 aromatic rings. The quantitative estimate of drug-likeness (QED) is 0.246. The van der Waals surface area contributed by atoms with Crippen LogP contribution in [0.25, 0.3) is 22.6 Å². The molecular weight excluding hydrogens is 502 g/mol. The molecule has 0 aliphatic carbocycles. The van der Waals surface area contributed by atoms with Gasteiger partial charge in [-0.25, -0.2) is 15.0 Å². The summed E-state index contributed by atoms with van der Waals surface area (Å²) in [4.78, 5) is 18.0. The molecule has 0 bridgehead atoms. The van der Waals surface area contributed by atoms with Crippen molar-refractivity contribution >= 4 is 28.6 Å².